The molecule has 4 heteroatoms. The molecule has 3 rings (SSSR count). The molecule has 0 aromatic carbocycles. The number of rotatable bonds is 5. The third kappa shape index (κ3) is 2.28. The highest BCUT2D eigenvalue weighted by Crippen LogP contribution is 2.46. The van der Waals surface area contributed by atoms with E-state index < -0.39 is 0 Å². The number of ether oxygens (including phenoxy) is 1. The summed E-state index contributed by atoms with van der Waals surface area (Å²) in [6.45, 7) is 3.94. The first-order valence-electron chi connectivity index (χ1n) is 6.85. The molecule has 0 spiro atoms. The number of aromatic nitrogens is 2. The summed E-state index contributed by atoms with van der Waals surface area (Å²) in [6.07, 6.45) is 5.48. The minimum Gasteiger partial charge on any atom is -0.481 e. The van der Waals surface area contributed by atoms with E-state index in [1.54, 1.807) is 7.11 Å². The number of aryl methyl sites for hydroxylation is 1. The molecule has 0 atom stereocenters. The van der Waals surface area contributed by atoms with Gasteiger partial charge >= 0.3 is 0 Å². The lowest BCUT2D eigenvalue weighted by atomic mass is 10.1. The molecule has 0 radical (unpaired) electrons. The van der Waals surface area contributed by atoms with Gasteiger partial charge in [0.25, 0.3) is 0 Å². The molecular formula is C14H21N3O. The van der Waals surface area contributed by atoms with Gasteiger partial charge in [0.15, 0.2) is 0 Å². The molecule has 0 saturated heterocycles. The van der Waals surface area contributed by atoms with Crippen molar-refractivity contribution in [3.05, 3.63) is 11.4 Å². The summed E-state index contributed by atoms with van der Waals surface area (Å²) in [6, 6.07) is 0.614. The molecule has 0 unspecified atom stereocenters. The van der Waals surface area contributed by atoms with Crippen molar-refractivity contribution < 1.29 is 4.74 Å². The first kappa shape index (κ1) is 11.8. The summed E-state index contributed by atoms with van der Waals surface area (Å²) in [5.74, 6) is 4.14. The lowest BCUT2D eigenvalue weighted by Crippen LogP contribution is -2.25. The van der Waals surface area contributed by atoms with Crippen molar-refractivity contribution in [2.45, 2.75) is 45.6 Å². The lowest BCUT2D eigenvalue weighted by Gasteiger charge is -2.20. The second-order valence-corrected chi connectivity index (χ2v) is 5.60. The van der Waals surface area contributed by atoms with Crippen LogP contribution in [0.3, 0.4) is 0 Å². The Bertz CT molecular complexity index is 441. The molecule has 98 valence electrons. The Kier molecular flexibility index (Phi) is 2.88. The summed E-state index contributed by atoms with van der Waals surface area (Å²) in [4.78, 5) is 8.85. The highest BCUT2D eigenvalue weighted by Gasteiger charge is 2.41. The van der Waals surface area contributed by atoms with Crippen LogP contribution in [0.2, 0.25) is 0 Å². The standard InChI is InChI=1S/C14H21N3O/c1-8-13(15-9(2)16-14(8)18-3)17-12(10-4-5-10)11-6-7-11/h10-12H,4-7H2,1-3H3,(H,15,16,17). The Balaban J connectivity index is 1.84. The van der Waals surface area contributed by atoms with Gasteiger partial charge in [-0.05, 0) is 51.4 Å². The van der Waals surface area contributed by atoms with Crippen LogP contribution in [0.1, 0.15) is 37.1 Å². The smallest absolute Gasteiger partial charge is 0.221 e. The zero-order valence-electron chi connectivity index (χ0n) is 11.4. The molecule has 1 heterocycles. The maximum atomic E-state index is 5.31. The van der Waals surface area contributed by atoms with Gasteiger partial charge < -0.3 is 10.1 Å². The Morgan fingerprint density at radius 1 is 1.11 bits per heavy atom. The quantitative estimate of drug-likeness (QED) is 0.869. The van der Waals surface area contributed by atoms with Crippen molar-refractivity contribution in [2.24, 2.45) is 11.8 Å². The van der Waals surface area contributed by atoms with Gasteiger partial charge in [-0.2, -0.15) is 4.98 Å². The van der Waals surface area contributed by atoms with Gasteiger partial charge in [0.05, 0.1) is 12.7 Å². The Labute approximate surface area is 108 Å². The van der Waals surface area contributed by atoms with Crippen molar-refractivity contribution in [1.82, 2.24) is 9.97 Å². The molecule has 2 fully saturated rings. The van der Waals surface area contributed by atoms with Crippen molar-refractivity contribution in [2.75, 3.05) is 12.4 Å². The predicted octanol–water partition coefficient (Wildman–Crippen LogP) is 2.70. The second kappa shape index (κ2) is 4.41. The lowest BCUT2D eigenvalue weighted by molar-refractivity contribution is 0.392. The van der Waals surface area contributed by atoms with E-state index in [9.17, 15) is 0 Å². The molecule has 2 aliphatic carbocycles. The average Bonchev–Trinajstić information content (AvgIpc) is 3.22. The van der Waals surface area contributed by atoms with Gasteiger partial charge in [0, 0.05) is 6.04 Å². The third-order valence-electron chi connectivity index (χ3n) is 3.97. The second-order valence-electron chi connectivity index (χ2n) is 5.60. The number of nitrogens with zero attached hydrogens (tertiary/aromatic N) is 2. The minimum atomic E-state index is 0.614. The van der Waals surface area contributed by atoms with Crippen molar-refractivity contribution in [3.63, 3.8) is 0 Å². The molecule has 2 aliphatic rings. The molecule has 1 aromatic rings. The maximum absolute atomic E-state index is 5.31. The van der Waals surface area contributed by atoms with Crippen LogP contribution in [0.5, 0.6) is 5.88 Å². The van der Waals surface area contributed by atoms with E-state index in [4.69, 9.17) is 4.74 Å². The van der Waals surface area contributed by atoms with Gasteiger partial charge in [-0.15, -0.1) is 0 Å². The topological polar surface area (TPSA) is 47.0 Å². The van der Waals surface area contributed by atoms with Crippen molar-refractivity contribution in [3.8, 4) is 5.88 Å². The van der Waals surface area contributed by atoms with Crippen molar-refractivity contribution in [1.29, 1.82) is 0 Å². The fourth-order valence-electron chi connectivity index (χ4n) is 2.63. The van der Waals surface area contributed by atoms with E-state index in [1.165, 1.54) is 25.7 Å². The largest absolute Gasteiger partial charge is 0.481 e. The molecular weight excluding hydrogens is 226 g/mol. The van der Waals surface area contributed by atoms with Crippen LogP contribution in [0.4, 0.5) is 5.82 Å². The fraction of sp³-hybridized carbons (Fsp3) is 0.714. The van der Waals surface area contributed by atoms with Gasteiger partial charge in [-0.3, -0.25) is 0 Å². The number of hydrogen-bond acceptors (Lipinski definition) is 4. The molecule has 2 saturated carbocycles. The monoisotopic (exact) mass is 247 g/mol. The number of nitrogens with one attached hydrogen (secondary N) is 1. The summed E-state index contributed by atoms with van der Waals surface area (Å²) < 4.78 is 5.31. The minimum absolute atomic E-state index is 0.614. The Morgan fingerprint density at radius 3 is 2.22 bits per heavy atom. The van der Waals surface area contributed by atoms with E-state index in [0.29, 0.717) is 11.9 Å². The summed E-state index contributed by atoms with van der Waals surface area (Å²) in [5.41, 5.74) is 1.02. The maximum Gasteiger partial charge on any atom is 0.221 e. The van der Waals surface area contributed by atoms with Crippen LogP contribution >= 0.6 is 0 Å². The first-order valence-corrected chi connectivity index (χ1v) is 6.85. The van der Waals surface area contributed by atoms with Gasteiger partial charge in [0.2, 0.25) is 5.88 Å². The molecule has 1 aromatic heterocycles. The number of methoxy groups -OCH3 is 1. The summed E-state index contributed by atoms with van der Waals surface area (Å²) >= 11 is 0. The molecule has 4 nitrogen and oxygen atoms in total. The Hall–Kier alpha value is -1.32. The first-order chi connectivity index (χ1) is 8.69. The average molecular weight is 247 g/mol. The zero-order valence-corrected chi connectivity index (χ0v) is 11.4. The molecule has 0 bridgehead atoms. The molecule has 0 aliphatic heterocycles. The van der Waals surface area contributed by atoms with E-state index in [0.717, 1.165) is 29.0 Å². The van der Waals surface area contributed by atoms with Crippen LogP contribution in [-0.4, -0.2) is 23.1 Å². The van der Waals surface area contributed by atoms with Crippen LogP contribution in [0.25, 0.3) is 0 Å². The Morgan fingerprint density at radius 2 is 1.72 bits per heavy atom. The third-order valence-corrected chi connectivity index (χ3v) is 3.97. The molecule has 0 amide bonds. The van der Waals surface area contributed by atoms with Crippen LogP contribution in [0.15, 0.2) is 0 Å². The van der Waals surface area contributed by atoms with E-state index >= 15 is 0 Å². The van der Waals surface area contributed by atoms with E-state index in [2.05, 4.69) is 15.3 Å². The predicted molar refractivity (Wildman–Crippen MR) is 70.9 cm³/mol. The van der Waals surface area contributed by atoms with E-state index in [1.807, 2.05) is 13.8 Å². The highest BCUT2D eigenvalue weighted by molar-refractivity contribution is 5.49. The SMILES string of the molecule is COc1nc(C)nc(NC(C2CC2)C2CC2)c1C. The van der Waals surface area contributed by atoms with Crippen LogP contribution in [-0.2, 0) is 0 Å². The molecule has 1 N–H and O–H groups in total. The van der Waals surface area contributed by atoms with Crippen LogP contribution < -0.4 is 10.1 Å². The van der Waals surface area contributed by atoms with Crippen LogP contribution in [0, 0.1) is 25.7 Å². The van der Waals surface area contributed by atoms with E-state index in [-0.39, 0.29) is 0 Å². The zero-order chi connectivity index (χ0) is 12.7. The van der Waals surface area contributed by atoms with Gasteiger partial charge in [-0.1, -0.05) is 0 Å². The van der Waals surface area contributed by atoms with Gasteiger partial charge in [0.1, 0.15) is 11.6 Å². The molecule has 18 heavy (non-hydrogen) atoms. The normalized spacial score (nSPS) is 19.1. The fourth-order valence-corrected chi connectivity index (χ4v) is 2.63. The van der Waals surface area contributed by atoms with Crippen molar-refractivity contribution >= 4 is 5.82 Å². The van der Waals surface area contributed by atoms with Gasteiger partial charge in [-0.25, -0.2) is 4.98 Å². The number of hydrogen-bond donors (Lipinski definition) is 1. The summed E-state index contributed by atoms with van der Waals surface area (Å²) in [7, 11) is 1.66. The number of anilines is 1. The summed E-state index contributed by atoms with van der Waals surface area (Å²) in [5, 5.41) is 3.66. The highest BCUT2D eigenvalue weighted by atomic mass is 16.5.